The van der Waals surface area contributed by atoms with E-state index in [9.17, 15) is 111 Å². The number of ketones is 2. The summed E-state index contributed by atoms with van der Waals surface area (Å²) in [6, 6.07) is -7.01. The van der Waals surface area contributed by atoms with Crippen LogP contribution in [0.2, 0.25) is 0 Å². The Morgan fingerprint density at radius 1 is 0.507 bits per heavy atom. The number of benzene rings is 2. The molecule has 50 nitrogen and oxygen atoms in total. The third kappa shape index (κ3) is 32.8. The Bertz CT molecular complexity index is 5770. The number of amides is 16. The van der Waals surface area contributed by atoms with Gasteiger partial charge in [-0.1, -0.05) is 64.1 Å². The summed E-state index contributed by atoms with van der Waals surface area (Å²) < 4.78 is 1.67. The van der Waals surface area contributed by atoms with Crippen molar-refractivity contribution in [2.45, 2.75) is 230 Å². The number of fused-ring (bicyclic) bond motifs is 12. The van der Waals surface area contributed by atoms with Crippen LogP contribution in [0.15, 0.2) is 75.3 Å². The van der Waals surface area contributed by atoms with Crippen molar-refractivity contribution in [3.63, 3.8) is 0 Å². The second kappa shape index (κ2) is 53.8. The number of nitrogens with zero attached hydrogens (tertiary/aromatic N) is 5. The molecule has 24 N–H and O–H groups in total. The van der Waals surface area contributed by atoms with E-state index >= 15 is 14.4 Å². The number of carbonyl (C=O) groups excluding carboxylic acids is 18. The number of aromatic nitrogens is 5. The summed E-state index contributed by atoms with van der Waals surface area (Å²) in [6.45, 7) is 9.65. The summed E-state index contributed by atoms with van der Waals surface area (Å²) >= 11 is 2.11. The SMILES string of the molecule is CC(C)[C@@H]1NC(=O)[C@H](Cc2c[nH]c3ccccc23)NC(=O)[C@@H]2CSCC(=O)NCCn3c(=O)n(c(=O)n(c3=O)CCNC(=O)CSC[C@H](NC(=O)[C@H](C)NC(C)(C)C(=O)CN(C)C(C)(C)C(=O)CCN)C(=O)N[C@@H]([C@@H](C)O)C(=O)N[C@@H](CCC(=O)O)C(=O)N2)CCNC(=O)CSC[C@@H](C(N)=O)NC(=O)[C@@H]2CCCN2C(=O)[C@H](C(C)C)NC(=O)[C@H](Cc2c[nH]c3ccccc23)NC(=O)CNC(=O)[C@H](CC(=O)O)NC1=O. The highest BCUT2D eigenvalue weighted by Gasteiger charge is 2.44. The molecular formula is C91H130N24O26S3. The van der Waals surface area contributed by atoms with Gasteiger partial charge >= 0.3 is 29.0 Å². The molecule has 6 heterocycles. The number of aliphatic carboxylic acids is 2. The maximum absolute atomic E-state index is 15.5. The van der Waals surface area contributed by atoms with E-state index < -0.39 is 331 Å². The highest BCUT2D eigenvalue weighted by atomic mass is 32.2. The van der Waals surface area contributed by atoms with Gasteiger partial charge in [0.05, 0.1) is 60.0 Å². The minimum atomic E-state index is -2.12. The smallest absolute Gasteiger partial charge is 0.336 e. The topological polar surface area (TPSA) is 739 Å². The van der Waals surface area contributed by atoms with Gasteiger partial charge in [-0.15, -0.1) is 35.3 Å². The van der Waals surface area contributed by atoms with Crippen molar-refractivity contribution in [1.29, 1.82) is 0 Å². The van der Waals surface area contributed by atoms with Crippen LogP contribution in [0, 0.1) is 11.8 Å². The van der Waals surface area contributed by atoms with Crippen molar-refractivity contribution >= 4 is 175 Å². The van der Waals surface area contributed by atoms with Gasteiger partial charge < -0.3 is 116 Å². The van der Waals surface area contributed by atoms with Gasteiger partial charge in [0, 0.05) is 123 Å². The van der Waals surface area contributed by atoms with Crippen LogP contribution in [-0.2, 0) is 128 Å². The largest absolute Gasteiger partial charge is 0.481 e. The second-order valence-electron chi connectivity index (χ2n) is 36.8. The maximum Gasteiger partial charge on any atom is 0.336 e. The van der Waals surface area contributed by atoms with E-state index in [-0.39, 0.29) is 56.9 Å². The summed E-state index contributed by atoms with van der Waals surface area (Å²) in [5.74, 6) is -25.9. The molecule has 2 aromatic carbocycles. The summed E-state index contributed by atoms with van der Waals surface area (Å²) in [6.07, 6.45) is -2.12. The van der Waals surface area contributed by atoms with Crippen LogP contribution in [0.25, 0.3) is 21.8 Å². The Morgan fingerprint density at radius 2 is 0.986 bits per heavy atom. The van der Waals surface area contributed by atoms with Crippen molar-refractivity contribution < 1.29 is 111 Å². The van der Waals surface area contributed by atoms with Crippen molar-refractivity contribution in [2.24, 2.45) is 23.3 Å². The van der Waals surface area contributed by atoms with Crippen molar-refractivity contribution in [2.75, 3.05) is 87.4 Å². The minimum Gasteiger partial charge on any atom is -0.481 e. The fourth-order valence-electron chi connectivity index (χ4n) is 15.9. The Labute approximate surface area is 839 Å². The van der Waals surface area contributed by atoms with E-state index in [0.29, 0.717) is 70.2 Å². The molecule has 0 spiro atoms. The second-order valence-corrected chi connectivity index (χ2v) is 39.9. The molecule has 8 rings (SSSR count). The van der Waals surface area contributed by atoms with Gasteiger partial charge in [0.2, 0.25) is 94.5 Å². The number of carboxylic acid groups (broad SMARTS) is 2. The predicted molar refractivity (Wildman–Crippen MR) is 528 cm³/mol. The number of carbonyl (C=O) groups is 20. The van der Waals surface area contributed by atoms with Crippen LogP contribution in [0.4, 0.5) is 0 Å². The Kier molecular flexibility index (Phi) is 43.3. The number of rotatable bonds is 24. The number of likely N-dealkylation sites (N-methyl/N-ethyl adjacent to an activating group) is 1. The van der Waals surface area contributed by atoms with Gasteiger partial charge in [-0.05, 0) is 109 Å². The molecule has 53 heteroatoms. The first kappa shape index (κ1) is 116. The average Bonchev–Trinajstić information content (AvgIpc) is 1.14. The monoisotopic (exact) mass is 2070 g/mol. The summed E-state index contributed by atoms with van der Waals surface area (Å²) in [4.78, 5) is 336. The standard InChI is InChI=1S/C91H130N24O26S3/c1-46(2)72-84(136)103-59(35-71(125)126)77(129)99-38-66(119)100-57(33-50-36-97-54-19-14-12-17-52(50)54)79(131)108-73(47(3)4)86(138)112-29-16-21-63(112)83(135)104-60(75(93)127)40-142-43-67(120)94-26-30-113-87(139)114-31-27-95-68(121)44-143-41-61(81(133)102-58(80(132)107-72)34-51-37-98-55-20-15-13-18-53(51)55)106-78(130)56(22-23-70(123)124)101-85(137)74(49(6)116)109-82(134)62(42-144-45-69(122)96-28-32-115(88(113)140)89(114)141)105-76(128)48(5)110-90(7,8)65(118)39-111(11)91(9,10)64(117)24-25-92/h12-15,17-20,36-37,46-49,56-63,72-74,97-98,110,116H,16,21-35,38-45,92H2,1-11H3,(H2,93,127)(H,94,120)(H,95,121)(H,96,122)(H,99,129)(H,100,119)(H,101,137)(H,102,133)(H,103,136)(H,104,135)(H,105,128)(H,106,130)(H,107,132)(H,108,131)(H,109,134)(H,123,124)(H,125,126)/t48-,49+,56-,57-,58-,59-,60-,61-,62-,63-,72-,73-,74-/m0/s1. The number of thioether (sulfide) groups is 3. The number of nitrogens with two attached hydrogens (primary N) is 2. The molecule has 13 atom stereocenters. The zero-order valence-electron chi connectivity index (χ0n) is 81.8. The molecule has 144 heavy (non-hydrogen) atoms. The number of hydrogen-bond acceptors (Lipinski definition) is 30. The Hall–Kier alpha value is -13.4. The third-order valence-electron chi connectivity index (χ3n) is 24.5. The molecule has 0 saturated carbocycles. The predicted octanol–water partition coefficient (Wildman–Crippen LogP) is -7.38. The van der Waals surface area contributed by atoms with Crippen LogP contribution in [-0.4, -0.2) is 344 Å². The van der Waals surface area contributed by atoms with E-state index in [2.05, 4.69) is 89.7 Å². The molecule has 16 amide bonds. The molecule has 5 aromatic rings. The first-order valence-corrected chi connectivity index (χ1v) is 50.2. The number of nitrogens with one attached hydrogen (secondary N) is 17. The zero-order valence-corrected chi connectivity index (χ0v) is 84.2. The van der Waals surface area contributed by atoms with Gasteiger partial charge in [0.15, 0.2) is 11.6 Å². The van der Waals surface area contributed by atoms with E-state index in [1.165, 1.54) is 50.6 Å². The number of hydrogen-bond donors (Lipinski definition) is 22. The molecule has 4 bridgehead atoms. The molecule has 1 fully saturated rings. The number of carboxylic acids is 2. The van der Waals surface area contributed by atoms with Gasteiger partial charge in [-0.2, -0.15) is 0 Å². The molecule has 3 aliphatic heterocycles. The maximum atomic E-state index is 15.5. The van der Waals surface area contributed by atoms with Crippen LogP contribution in [0.3, 0.4) is 0 Å². The van der Waals surface area contributed by atoms with E-state index in [1.807, 2.05) is 0 Å². The highest BCUT2D eigenvalue weighted by Crippen LogP contribution is 2.26. The molecular weight excluding hydrogens is 1940 g/mol. The van der Waals surface area contributed by atoms with Crippen LogP contribution in [0.1, 0.15) is 119 Å². The molecule has 0 aliphatic carbocycles. The number of Topliss-reactive ketones (excluding diaryl/α,β-unsaturated/α-hetero) is 2. The number of aliphatic hydroxyl groups excluding tert-OH is 1. The first-order valence-electron chi connectivity index (χ1n) is 46.8. The summed E-state index contributed by atoms with van der Waals surface area (Å²) in [5, 5.41) is 70.6. The lowest BCUT2D eigenvalue weighted by atomic mass is 9.92. The lowest BCUT2D eigenvalue weighted by Gasteiger charge is -2.36. The zero-order chi connectivity index (χ0) is 106. The lowest BCUT2D eigenvalue weighted by Crippen LogP contribution is -2.63. The van der Waals surface area contributed by atoms with E-state index in [0.717, 1.165) is 18.7 Å². The third-order valence-corrected chi connectivity index (χ3v) is 27.6. The summed E-state index contributed by atoms with van der Waals surface area (Å²) in [5.41, 5.74) is 6.93. The molecule has 1 saturated heterocycles. The number of aliphatic hydroxyl groups is 1. The van der Waals surface area contributed by atoms with E-state index in [4.69, 9.17) is 11.5 Å². The average molecular weight is 2070 g/mol. The molecule has 3 aromatic heterocycles. The molecule has 788 valence electrons. The lowest BCUT2D eigenvalue weighted by molar-refractivity contribution is -0.143. The Morgan fingerprint density at radius 3 is 1.49 bits per heavy atom. The normalized spacial score (nSPS) is 22.9. The number of H-pyrrole nitrogens is 2. The number of aromatic amines is 2. The van der Waals surface area contributed by atoms with Crippen molar-refractivity contribution in [3.8, 4) is 0 Å². The molecule has 0 radical (unpaired) electrons. The van der Waals surface area contributed by atoms with Crippen molar-refractivity contribution in [1.82, 2.24) is 113 Å². The quantitative estimate of drug-likeness (QED) is 0.0273. The van der Waals surface area contributed by atoms with Gasteiger partial charge in [-0.25, -0.2) is 28.1 Å². The Balaban J connectivity index is 1.19. The van der Waals surface area contributed by atoms with Gasteiger partial charge in [-0.3, -0.25) is 106 Å². The van der Waals surface area contributed by atoms with E-state index in [1.54, 1.807) is 89.5 Å². The first-order chi connectivity index (χ1) is 67.9. The van der Waals surface area contributed by atoms with Crippen molar-refractivity contribution in [3.05, 3.63) is 104 Å². The molecule has 0 unspecified atom stereocenters. The van der Waals surface area contributed by atoms with Crippen LogP contribution < -0.4 is 108 Å². The fraction of sp³-hybridized carbons (Fsp3) is 0.571. The highest BCUT2D eigenvalue weighted by molar-refractivity contribution is 8.00. The van der Waals surface area contributed by atoms with Crippen LogP contribution >= 0.6 is 35.3 Å². The van der Waals surface area contributed by atoms with Gasteiger partial charge in [0.25, 0.3) is 0 Å². The molecule has 3 aliphatic rings. The van der Waals surface area contributed by atoms with Gasteiger partial charge in [0.1, 0.15) is 66.5 Å². The minimum absolute atomic E-state index is 0.00803. The fourth-order valence-corrected chi connectivity index (χ4v) is 18.5. The number of para-hydroxylation sites is 2. The summed E-state index contributed by atoms with van der Waals surface area (Å²) in [7, 11) is 1.54. The number of primary amides is 1. The van der Waals surface area contributed by atoms with Crippen LogP contribution in [0.5, 0.6) is 0 Å².